The molecule has 0 aliphatic carbocycles. The number of aliphatic hydroxyl groups is 4. The zero-order valence-corrected chi connectivity index (χ0v) is 40.1. The van der Waals surface area contributed by atoms with E-state index in [2.05, 4.69) is 50.3 Å². The predicted octanol–water partition coefficient (Wildman–Crippen LogP) is 12.7. The van der Waals surface area contributed by atoms with E-state index in [0.29, 0.717) is 13.0 Å². The van der Waals surface area contributed by atoms with Crippen molar-refractivity contribution in [2.75, 3.05) is 26.4 Å². The molecule has 0 saturated carbocycles. The van der Waals surface area contributed by atoms with Gasteiger partial charge in [0.1, 0.15) is 30.5 Å². The van der Waals surface area contributed by atoms with Crippen LogP contribution in [0.1, 0.15) is 232 Å². The summed E-state index contributed by atoms with van der Waals surface area (Å²) in [6.07, 6.45) is 47.7. The third kappa shape index (κ3) is 34.8. The Labute approximate surface area is 380 Å². The molecule has 0 aromatic heterocycles. The molecular formula is C53H98O9. The van der Waals surface area contributed by atoms with Crippen LogP contribution in [0, 0.1) is 0 Å². The van der Waals surface area contributed by atoms with Crippen molar-refractivity contribution >= 4 is 5.97 Å². The molecule has 9 nitrogen and oxygen atoms in total. The molecule has 1 saturated heterocycles. The molecule has 364 valence electrons. The minimum Gasteiger partial charge on any atom is -0.457 e. The number of carbonyl (C=O) groups is 1. The van der Waals surface area contributed by atoms with Crippen molar-refractivity contribution in [3.8, 4) is 0 Å². The maximum atomic E-state index is 12.8. The molecule has 0 bridgehead atoms. The minimum absolute atomic E-state index is 0.120. The normalized spacial score (nSPS) is 20.0. The van der Waals surface area contributed by atoms with Gasteiger partial charge in [0.15, 0.2) is 6.29 Å². The average molecular weight is 879 g/mol. The Hall–Kier alpha value is -1.59. The standard InChI is InChI=1S/C53H98O9/c1-3-5-7-9-11-13-15-17-19-20-21-22-23-24-25-26-27-28-29-30-32-34-36-38-40-42-49(55)61-47(46-60-53-52(58)51(57)50(56)48(44-54)62-53)45-59-43-41-39-37-35-33-31-18-16-14-12-10-8-6-4-2/h6,8,12,14,18,31,47-48,50-54,56-58H,3-5,7,9-11,13,15-17,19-30,32-46H2,1-2H3/b8-6-,14-12-,31-18-. The number of carbonyl (C=O) groups excluding carboxylic acids is 1. The Morgan fingerprint density at radius 3 is 1.48 bits per heavy atom. The van der Waals surface area contributed by atoms with Gasteiger partial charge in [-0.2, -0.15) is 0 Å². The Bertz CT molecular complexity index is 1050. The van der Waals surface area contributed by atoms with Crippen LogP contribution in [-0.4, -0.2) is 89.6 Å². The highest BCUT2D eigenvalue weighted by Crippen LogP contribution is 2.23. The summed E-state index contributed by atoms with van der Waals surface area (Å²) in [5, 5.41) is 40.2. The molecule has 4 N–H and O–H groups in total. The van der Waals surface area contributed by atoms with Crippen LogP contribution in [0.15, 0.2) is 36.5 Å². The molecule has 0 aromatic carbocycles. The lowest BCUT2D eigenvalue weighted by molar-refractivity contribution is -0.305. The maximum absolute atomic E-state index is 12.8. The van der Waals surface area contributed by atoms with Crippen molar-refractivity contribution in [3.05, 3.63) is 36.5 Å². The fraction of sp³-hybridized carbons (Fsp3) is 0.868. The van der Waals surface area contributed by atoms with Gasteiger partial charge in [-0.15, -0.1) is 0 Å². The zero-order chi connectivity index (χ0) is 45.0. The highest BCUT2D eigenvalue weighted by atomic mass is 16.7. The number of rotatable bonds is 45. The Kier molecular flexibility index (Phi) is 42.0. The number of hydrogen-bond acceptors (Lipinski definition) is 9. The van der Waals surface area contributed by atoms with Gasteiger partial charge in [0.2, 0.25) is 0 Å². The van der Waals surface area contributed by atoms with E-state index >= 15 is 0 Å². The van der Waals surface area contributed by atoms with Crippen molar-refractivity contribution in [2.45, 2.75) is 269 Å². The van der Waals surface area contributed by atoms with Gasteiger partial charge >= 0.3 is 5.97 Å². The first-order valence-electron chi connectivity index (χ1n) is 26.1. The first-order valence-corrected chi connectivity index (χ1v) is 26.1. The summed E-state index contributed by atoms with van der Waals surface area (Å²) in [6.45, 7) is 4.43. The van der Waals surface area contributed by atoms with Gasteiger partial charge in [-0.1, -0.05) is 217 Å². The highest BCUT2D eigenvalue weighted by Gasteiger charge is 2.44. The van der Waals surface area contributed by atoms with Gasteiger partial charge in [0.05, 0.1) is 19.8 Å². The van der Waals surface area contributed by atoms with Crippen LogP contribution in [-0.2, 0) is 23.7 Å². The predicted molar refractivity (Wildman–Crippen MR) is 256 cm³/mol. The molecule has 1 heterocycles. The summed E-state index contributed by atoms with van der Waals surface area (Å²) >= 11 is 0. The van der Waals surface area contributed by atoms with Gasteiger partial charge < -0.3 is 39.4 Å². The average Bonchev–Trinajstić information content (AvgIpc) is 3.27. The third-order valence-corrected chi connectivity index (χ3v) is 12.1. The zero-order valence-electron chi connectivity index (χ0n) is 40.1. The second-order valence-corrected chi connectivity index (χ2v) is 17.9. The largest absolute Gasteiger partial charge is 0.457 e. The van der Waals surface area contributed by atoms with E-state index in [1.54, 1.807) is 0 Å². The molecule has 0 amide bonds. The van der Waals surface area contributed by atoms with Gasteiger partial charge in [0, 0.05) is 13.0 Å². The topological polar surface area (TPSA) is 135 Å². The van der Waals surface area contributed by atoms with Crippen LogP contribution >= 0.6 is 0 Å². The van der Waals surface area contributed by atoms with Crippen molar-refractivity contribution < 1.29 is 44.2 Å². The monoisotopic (exact) mass is 879 g/mol. The van der Waals surface area contributed by atoms with Crippen LogP contribution in [0.3, 0.4) is 0 Å². The van der Waals surface area contributed by atoms with E-state index in [9.17, 15) is 25.2 Å². The van der Waals surface area contributed by atoms with Crippen LogP contribution in [0.25, 0.3) is 0 Å². The van der Waals surface area contributed by atoms with Crippen LogP contribution in [0.5, 0.6) is 0 Å². The number of unbranched alkanes of at least 4 members (excludes halogenated alkanes) is 28. The van der Waals surface area contributed by atoms with Crippen molar-refractivity contribution in [2.24, 2.45) is 0 Å². The van der Waals surface area contributed by atoms with E-state index in [0.717, 1.165) is 70.6 Å². The summed E-state index contributed by atoms with van der Waals surface area (Å²) in [6, 6.07) is 0. The fourth-order valence-electron chi connectivity index (χ4n) is 8.04. The van der Waals surface area contributed by atoms with E-state index in [-0.39, 0.29) is 19.2 Å². The Morgan fingerprint density at radius 2 is 0.984 bits per heavy atom. The molecule has 9 heteroatoms. The molecule has 0 spiro atoms. The lowest BCUT2D eigenvalue weighted by Crippen LogP contribution is -2.59. The highest BCUT2D eigenvalue weighted by molar-refractivity contribution is 5.69. The Balaban J connectivity index is 2.15. The SMILES string of the molecule is CC/C=C\C/C=C\C/C=C\CCCCCCOCC(COC1OC(CO)C(O)C(O)C1O)OC(=O)CCCCCCCCCCCCCCCCCCCCCCCCCCC. The van der Waals surface area contributed by atoms with E-state index in [1.165, 1.54) is 141 Å². The molecule has 0 aromatic rings. The number of esters is 1. The van der Waals surface area contributed by atoms with Gasteiger partial charge in [0.25, 0.3) is 0 Å². The third-order valence-electron chi connectivity index (χ3n) is 12.1. The smallest absolute Gasteiger partial charge is 0.306 e. The quantitative estimate of drug-likeness (QED) is 0.0268. The lowest BCUT2D eigenvalue weighted by atomic mass is 9.99. The van der Waals surface area contributed by atoms with Crippen LogP contribution < -0.4 is 0 Å². The summed E-state index contributed by atoms with van der Waals surface area (Å²) < 4.78 is 22.9. The lowest BCUT2D eigenvalue weighted by Gasteiger charge is -2.39. The summed E-state index contributed by atoms with van der Waals surface area (Å²) in [5.74, 6) is -0.318. The molecule has 62 heavy (non-hydrogen) atoms. The van der Waals surface area contributed by atoms with E-state index < -0.39 is 43.4 Å². The van der Waals surface area contributed by atoms with E-state index in [1.807, 2.05) is 0 Å². The van der Waals surface area contributed by atoms with Crippen molar-refractivity contribution in [1.82, 2.24) is 0 Å². The second-order valence-electron chi connectivity index (χ2n) is 17.9. The fourth-order valence-corrected chi connectivity index (χ4v) is 8.04. The number of aliphatic hydroxyl groups excluding tert-OH is 4. The minimum atomic E-state index is -1.54. The molecular weight excluding hydrogens is 781 g/mol. The molecule has 6 atom stereocenters. The van der Waals surface area contributed by atoms with Gasteiger partial charge in [-0.25, -0.2) is 0 Å². The molecule has 1 fully saturated rings. The molecule has 0 radical (unpaired) electrons. The first-order chi connectivity index (χ1) is 30.4. The van der Waals surface area contributed by atoms with Gasteiger partial charge in [-0.05, 0) is 44.9 Å². The molecule has 1 aliphatic heterocycles. The van der Waals surface area contributed by atoms with E-state index in [4.69, 9.17) is 18.9 Å². The maximum Gasteiger partial charge on any atom is 0.306 e. The van der Waals surface area contributed by atoms with Crippen molar-refractivity contribution in [1.29, 1.82) is 0 Å². The van der Waals surface area contributed by atoms with Crippen LogP contribution in [0.4, 0.5) is 0 Å². The number of hydrogen-bond donors (Lipinski definition) is 4. The summed E-state index contributed by atoms with van der Waals surface area (Å²) in [7, 11) is 0. The number of allylic oxidation sites excluding steroid dienone is 6. The summed E-state index contributed by atoms with van der Waals surface area (Å²) in [4.78, 5) is 12.8. The summed E-state index contributed by atoms with van der Waals surface area (Å²) in [5.41, 5.74) is 0. The first kappa shape index (κ1) is 58.4. The second kappa shape index (κ2) is 44.6. The molecule has 1 rings (SSSR count). The number of ether oxygens (including phenoxy) is 4. The van der Waals surface area contributed by atoms with Crippen molar-refractivity contribution in [3.63, 3.8) is 0 Å². The Morgan fingerprint density at radius 1 is 0.532 bits per heavy atom. The molecule has 1 aliphatic rings. The van der Waals surface area contributed by atoms with Gasteiger partial charge in [-0.3, -0.25) is 4.79 Å². The van der Waals surface area contributed by atoms with Crippen LogP contribution in [0.2, 0.25) is 0 Å². The molecule has 6 unspecified atom stereocenters.